The van der Waals surface area contributed by atoms with E-state index in [0.717, 1.165) is 83.0 Å². The maximum absolute atomic E-state index is 13.8. The number of aromatic amines is 1. The van der Waals surface area contributed by atoms with Crippen molar-refractivity contribution in [3.05, 3.63) is 11.6 Å². The number of carbonyl (C=O) groups is 1. The molecule has 25 heavy (non-hydrogen) atoms. The van der Waals surface area contributed by atoms with Crippen LogP contribution in [0.25, 0.3) is 0 Å². The Labute approximate surface area is 149 Å². The third kappa shape index (κ3) is 3.08. The van der Waals surface area contributed by atoms with E-state index in [9.17, 15) is 4.79 Å². The monoisotopic (exact) mass is 347 g/mol. The van der Waals surface area contributed by atoms with Gasteiger partial charge in [-0.25, -0.2) is 4.98 Å². The van der Waals surface area contributed by atoms with E-state index >= 15 is 0 Å². The fourth-order valence-electron chi connectivity index (χ4n) is 4.85. The van der Waals surface area contributed by atoms with Gasteiger partial charge in [-0.15, -0.1) is 0 Å². The SMILES string of the molecule is Cc1nc([C@@H]2CCCN2C(=O)C2(N3CCOCC3)CCCCC2)n[nH]1. The molecule has 0 spiro atoms. The van der Waals surface area contributed by atoms with Gasteiger partial charge >= 0.3 is 0 Å². The number of carbonyl (C=O) groups excluding carboxylic acids is 1. The van der Waals surface area contributed by atoms with Crippen molar-refractivity contribution in [3.8, 4) is 0 Å². The van der Waals surface area contributed by atoms with Crippen LogP contribution in [-0.2, 0) is 9.53 Å². The first-order valence-electron chi connectivity index (χ1n) is 9.73. The van der Waals surface area contributed by atoms with Crippen LogP contribution in [0.5, 0.6) is 0 Å². The minimum Gasteiger partial charge on any atom is -0.379 e. The van der Waals surface area contributed by atoms with Gasteiger partial charge in [0.15, 0.2) is 5.82 Å². The van der Waals surface area contributed by atoms with E-state index in [4.69, 9.17) is 4.74 Å². The highest BCUT2D eigenvalue weighted by molar-refractivity contribution is 5.87. The lowest BCUT2D eigenvalue weighted by Gasteiger charge is -2.48. The topological polar surface area (TPSA) is 74.3 Å². The summed E-state index contributed by atoms with van der Waals surface area (Å²) in [5.41, 5.74) is -0.337. The summed E-state index contributed by atoms with van der Waals surface area (Å²) in [7, 11) is 0. The van der Waals surface area contributed by atoms with Gasteiger partial charge in [-0.1, -0.05) is 19.3 Å². The number of aryl methyl sites for hydroxylation is 1. The molecular formula is C18H29N5O2. The van der Waals surface area contributed by atoms with Crippen molar-refractivity contribution < 1.29 is 9.53 Å². The van der Waals surface area contributed by atoms with Crippen molar-refractivity contribution in [1.82, 2.24) is 25.0 Å². The van der Waals surface area contributed by atoms with Gasteiger partial charge in [0.05, 0.1) is 19.3 Å². The predicted molar refractivity (Wildman–Crippen MR) is 93.0 cm³/mol. The Morgan fingerprint density at radius 1 is 1.16 bits per heavy atom. The lowest BCUT2D eigenvalue weighted by Crippen LogP contribution is -2.62. The molecule has 1 saturated carbocycles. The minimum atomic E-state index is -0.337. The molecule has 1 aliphatic carbocycles. The first-order valence-corrected chi connectivity index (χ1v) is 9.73. The summed E-state index contributed by atoms with van der Waals surface area (Å²) in [6.45, 7) is 5.93. The van der Waals surface area contributed by atoms with Gasteiger partial charge in [0.1, 0.15) is 11.4 Å². The molecule has 1 aromatic heterocycles. The fraction of sp³-hybridized carbons (Fsp3) is 0.833. The lowest BCUT2D eigenvalue weighted by atomic mass is 9.78. The summed E-state index contributed by atoms with van der Waals surface area (Å²) in [6.07, 6.45) is 7.46. The third-order valence-electron chi connectivity index (χ3n) is 6.12. The largest absolute Gasteiger partial charge is 0.379 e. The number of H-pyrrole nitrogens is 1. The molecule has 7 heteroatoms. The number of nitrogens with zero attached hydrogens (tertiary/aromatic N) is 4. The molecular weight excluding hydrogens is 318 g/mol. The average molecular weight is 347 g/mol. The van der Waals surface area contributed by atoms with Crippen LogP contribution in [0.4, 0.5) is 0 Å². The Kier molecular flexibility index (Phi) is 4.78. The third-order valence-corrected chi connectivity index (χ3v) is 6.12. The molecule has 1 N–H and O–H groups in total. The number of hydrogen-bond donors (Lipinski definition) is 1. The van der Waals surface area contributed by atoms with Gasteiger partial charge in [-0.2, -0.15) is 5.10 Å². The summed E-state index contributed by atoms with van der Waals surface area (Å²) in [6, 6.07) is 0.0253. The van der Waals surface area contributed by atoms with Gasteiger partial charge in [0.2, 0.25) is 5.91 Å². The molecule has 138 valence electrons. The van der Waals surface area contributed by atoms with Crippen LogP contribution in [0, 0.1) is 6.92 Å². The lowest BCUT2D eigenvalue weighted by molar-refractivity contribution is -0.152. The van der Waals surface area contributed by atoms with Gasteiger partial charge in [0.25, 0.3) is 0 Å². The highest BCUT2D eigenvalue weighted by Gasteiger charge is 2.49. The number of morpholine rings is 1. The van der Waals surface area contributed by atoms with Crippen LogP contribution in [0.1, 0.15) is 62.6 Å². The van der Waals surface area contributed by atoms with Gasteiger partial charge in [-0.05, 0) is 32.6 Å². The Morgan fingerprint density at radius 3 is 2.60 bits per heavy atom. The molecule has 4 rings (SSSR count). The van der Waals surface area contributed by atoms with Crippen molar-refractivity contribution >= 4 is 5.91 Å². The molecule has 3 aliphatic rings. The zero-order chi connectivity index (χ0) is 17.3. The van der Waals surface area contributed by atoms with E-state index in [1.54, 1.807) is 0 Å². The molecule has 3 fully saturated rings. The highest BCUT2D eigenvalue weighted by Crippen LogP contribution is 2.40. The smallest absolute Gasteiger partial charge is 0.243 e. The molecule has 3 heterocycles. The van der Waals surface area contributed by atoms with Crippen LogP contribution in [0.2, 0.25) is 0 Å². The number of ether oxygens (including phenoxy) is 1. The van der Waals surface area contributed by atoms with Crippen LogP contribution in [0.15, 0.2) is 0 Å². The van der Waals surface area contributed by atoms with Crippen molar-refractivity contribution in [2.75, 3.05) is 32.8 Å². The van der Waals surface area contributed by atoms with Gasteiger partial charge in [0, 0.05) is 19.6 Å². The number of amides is 1. The Morgan fingerprint density at radius 2 is 1.92 bits per heavy atom. The van der Waals surface area contributed by atoms with Crippen LogP contribution in [-0.4, -0.2) is 69.3 Å². The molecule has 1 amide bonds. The first-order chi connectivity index (χ1) is 12.2. The Balaban J connectivity index is 1.61. The average Bonchev–Trinajstić information content (AvgIpc) is 3.31. The maximum Gasteiger partial charge on any atom is 0.243 e. The zero-order valence-corrected chi connectivity index (χ0v) is 15.2. The van der Waals surface area contributed by atoms with E-state index in [1.165, 1.54) is 6.42 Å². The number of hydrogen-bond acceptors (Lipinski definition) is 5. The van der Waals surface area contributed by atoms with Crippen LogP contribution < -0.4 is 0 Å². The summed E-state index contributed by atoms with van der Waals surface area (Å²) in [4.78, 5) is 22.8. The Bertz CT molecular complexity index is 604. The number of aromatic nitrogens is 3. The molecule has 0 aromatic carbocycles. The molecule has 0 unspecified atom stereocenters. The molecule has 1 atom stereocenters. The molecule has 2 aliphatic heterocycles. The second-order valence-corrected chi connectivity index (χ2v) is 7.63. The quantitative estimate of drug-likeness (QED) is 0.903. The van der Waals surface area contributed by atoms with E-state index in [2.05, 4.69) is 25.0 Å². The minimum absolute atomic E-state index is 0.0253. The molecule has 0 radical (unpaired) electrons. The van der Waals surface area contributed by atoms with Gasteiger partial charge in [-0.3, -0.25) is 14.8 Å². The molecule has 1 aromatic rings. The van der Waals surface area contributed by atoms with Gasteiger partial charge < -0.3 is 9.64 Å². The van der Waals surface area contributed by atoms with Crippen molar-refractivity contribution in [1.29, 1.82) is 0 Å². The second-order valence-electron chi connectivity index (χ2n) is 7.63. The van der Waals surface area contributed by atoms with Crippen molar-refractivity contribution in [2.24, 2.45) is 0 Å². The molecule has 2 saturated heterocycles. The fourth-order valence-corrected chi connectivity index (χ4v) is 4.85. The highest BCUT2D eigenvalue weighted by atomic mass is 16.5. The summed E-state index contributed by atoms with van der Waals surface area (Å²) in [5, 5.41) is 7.28. The van der Waals surface area contributed by atoms with Crippen LogP contribution in [0.3, 0.4) is 0 Å². The van der Waals surface area contributed by atoms with E-state index < -0.39 is 0 Å². The van der Waals surface area contributed by atoms with Crippen molar-refractivity contribution in [2.45, 2.75) is 63.5 Å². The van der Waals surface area contributed by atoms with Crippen LogP contribution >= 0.6 is 0 Å². The standard InChI is InChI=1S/C18H29N5O2/c1-14-19-16(21-20-14)15-6-5-9-23(15)17(24)18(7-3-2-4-8-18)22-10-12-25-13-11-22/h15H,2-13H2,1H3,(H,19,20,21)/t15-/m0/s1. The molecule has 7 nitrogen and oxygen atoms in total. The summed E-state index contributed by atoms with van der Waals surface area (Å²) in [5.74, 6) is 1.89. The number of rotatable bonds is 3. The van der Waals surface area contributed by atoms with Crippen molar-refractivity contribution in [3.63, 3.8) is 0 Å². The predicted octanol–water partition coefficient (Wildman–Crippen LogP) is 1.81. The molecule has 0 bridgehead atoms. The normalized spacial score (nSPS) is 27.6. The first kappa shape index (κ1) is 17.0. The number of nitrogens with one attached hydrogen (secondary N) is 1. The van der Waals surface area contributed by atoms with E-state index in [1.807, 2.05) is 6.92 Å². The summed E-state index contributed by atoms with van der Waals surface area (Å²) >= 11 is 0. The van der Waals surface area contributed by atoms with E-state index in [0.29, 0.717) is 5.91 Å². The second kappa shape index (κ2) is 7.03. The summed E-state index contributed by atoms with van der Waals surface area (Å²) < 4.78 is 5.54. The van der Waals surface area contributed by atoms with E-state index in [-0.39, 0.29) is 11.6 Å². The zero-order valence-electron chi connectivity index (χ0n) is 15.2. The maximum atomic E-state index is 13.8. The number of likely N-dealkylation sites (tertiary alicyclic amines) is 1. The Hall–Kier alpha value is -1.47.